The molecule has 21 heavy (non-hydrogen) atoms. The van der Waals surface area contributed by atoms with E-state index < -0.39 is 0 Å². The van der Waals surface area contributed by atoms with Gasteiger partial charge in [0.05, 0.1) is 13.7 Å². The first kappa shape index (κ1) is 14.9. The Balaban J connectivity index is 2.17. The minimum Gasteiger partial charge on any atom is -0.496 e. The van der Waals surface area contributed by atoms with Crippen LogP contribution in [0.2, 0.25) is 0 Å². The van der Waals surface area contributed by atoms with Crippen LogP contribution in [0, 0.1) is 0 Å². The Bertz CT molecular complexity index is 607. The molecule has 0 saturated heterocycles. The van der Waals surface area contributed by atoms with E-state index >= 15 is 0 Å². The van der Waals surface area contributed by atoms with Gasteiger partial charge in [0.2, 0.25) is 0 Å². The van der Waals surface area contributed by atoms with E-state index in [1.165, 1.54) is 0 Å². The van der Waals surface area contributed by atoms with Crippen LogP contribution in [0.1, 0.15) is 22.8 Å². The van der Waals surface area contributed by atoms with E-state index in [1.54, 1.807) is 25.3 Å². The number of hydrogen-bond acceptors (Lipinski definition) is 4. The maximum absolute atomic E-state index is 10.9. The summed E-state index contributed by atoms with van der Waals surface area (Å²) < 4.78 is 16.6. The minimum atomic E-state index is 0.301. The molecular formula is C17H18O4. The van der Waals surface area contributed by atoms with Crippen LogP contribution >= 0.6 is 0 Å². The summed E-state index contributed by atoms with van der Waals surface area (Å²) in [5.74, 6) is 2.05. The third kappa shape index (κ3) is 3.75. The average Bonchev–Trinajstić information content (AvgIpc) is 2.54. The molecule has 0 fully saturated rings. The summed E-state index contributed by atoms with van der Waals surface area (Å²) in [5.41, 5.74) is 1.40. The smallest absolute Gasteiger partial charge is 0.161 e. The zero-order chi connectivity index (χ0) is 15.1. The van der Waals surface area contributed by atoms with Crippen molar-refractivity contribution in [3.63, 3.8) is 0 Å². The quantitative estimate of drug-likeness (QED) is 0.731. The van der Waals surface area contributed by atoms with Crippen LogP contribution in [0.15, 0.2) is 42.5 Å². The van der Waals surface area contributed by atoms with Gasteiger partial charge in [-0.15, -0.1) is 0 Å². The highest BCUT2D eigenvalue weighted by atomic mass is 16.5. The Labute approximate surface area is 124 Å². The van der Waals surface area contributed by atoms with Gasteiger partial charge in [-0.05, 0) is 37.3 Å². The number of hydrogen-bond donors (Lipinski definition) is 0. The highest BCUT2D eigenvalue weighted by Gasteiger charge is 2.08. The summed E-state index contributed by atoms with van der Waals surface area (Å²) >= 11 is 0. The van der Waals surface area contributed by atoms with E-state index in [9.17, 15) is 4.79 Å². The Morgan fingerprint density at radius 2 is 1.71 bits per heavy atom. The van der Waals surface area contributed by atoms with E-state index in [2.05, 4.69) is 0 Å². The van der Waals surface area contributed by atoms with Crippen molar-refractivity contribution in [1.29, 1.82) is 0 Å². The summed E-state index contributed by atoms with van der Waals surface area (Å²) in [4.78, 5) is 10.9. The third-order valence-electron chi connectivity index (χ3n) is 2.97. The minimum absolute atomic E-state index is 0.301. The molecule has 0 aromatic heterocycles. The van der Waals surface area contributed by atoms with E-state index in [4.69, 9.17) is 14.2 Å². The van der Waals surface area contributed by atoms with Crippen molar-refractivity contribution in [2.45, 2.75) is 13.5 Å². The van der Waals surface area contributed by atoms with Gasteiger partial charge in [0.1, 0.15) is 18.6 Å². The van der Waals surface area contributed by atoms with Gasteiger partial charge >= 0.3 is 0 Å². The SMILES string of the molecule is CCOc1ccccc1OCc1cc(C=O)ccc1OC. The number of para-hydroxylation sites is 2. The van der Waals surface area contributed by atoms with Gasteiger partial charge in [0, 0.05) is 11.1 Å². The fourth-order valence-electron chi connectivity index (χ4n) is 1.98. The van der Waals surface area contributed by atoms with Crippen LogP contribution < -0.4 is 14.2 Å². The molecule has 4 nitrogen and oxygen atoms in total. The van der Waals surface area contributed by atoms with Crippen LogP contribution in [0.4, 0.5) is 0 Å². The lowest BCUT2D eigenvalue weighted by Gasteiger charge is -2.13. The molecule has 0 atom stereocenters. The standard InChI is InChI=1S/C17H18O4/c1-3-20-16-6-4-5-7-17(16)21-12-14-10-13(11-18)8-9-15(14)19-2/h4-11H,3,12H2,1-2H3. The molecule has 0 aliphatic heterocycles. The number of carbonyl (C=O) groups excluding carboxylic acids is 1. The number of ether oxygens (including phenoxy) is 3. The van der Waals surface area contributed by atoms with Crippen molar-refractivity contribution in [3.05, 3.63) is 53.6 Å². The molecule has 0 heterocycles. The van der Waals surface area contributed by atoms with Crippen molar-refractivity contribution in [2.24, 2.45) is 0 Å². The largest absolute Gasteiger partial charge is 0.496 e. The topological polar surface area (TPSA) is 44.8 Å². The molecule has 0 radical (unpaired) electrons. The zero-order valence-electron chi connectivity index (χ0n) is 12.2. The molecular weight excluding hydrogens is 268 g/mol. The molecule has 4 heteroatoms. The Morgan fingerprint density at radius 1 is 1.00 bits per heavy atom. The molecule has 0 amide bonds. The van der Waals surface area contributed by atoms with Crippen LogP contribution in [-0.2, 0) is 6.61 Å². The predicted molar refractivity (Wildman–Crippen MR) is 80.3 cm³/mol. The Hall–Kier alpha value is -2.49. The van der Waals surface area contributed by atoms with Crippen LogP contribution in [0.3, 0.4) is 0 Å². The second-order valence-corrected chi connectivity index (χ2v) is 4.36. The predicted octanol–water partition coefficient (Wildman–Crippen LogP) is 3.49. The van der Waals surface area contributed by atoms with Crippen molar-refractivity contribution >= 4 is 6.29 Å². The maximum Gasteiger partial charge on any atom is 0.161 e. The molecule has 0 N–H and O–H groups in total. The van der Waals surface area contributed by atoms with E-state index in [0.717, 1.165) is 11.8 Å². The number of rotatable bonds is 7. The maximum atomic E-state index is 10.9. The molecule has 0 spiro atoms. The Morgan fingerprint density at radius 3 is 2.33 bits per heavy atom. The first-order valence-corrected chi connectivity index (χ1v) is 6.75. The van der Waals surface area contributed by atoms with Crippen molar-refractivity contribution < 1.29 is 19.0 Å². The monoisotopic (exact) mass is 286 g/mol. The summed E-state index contributed by atoms with van der Waals surface area (Å²) in [6.45, 7) is 2.80. The van der Waals surface area contributed by atoms with E-state index in [1.807, 2.05) is 31.2 Å². The number of methoxy groups -OCH3 is 1. The molecule has 0 saturated carbocycles. The molecule has 0 aliphatic carbocycles. The lowest BCUT2D eigenvalue weighted by Crippen LogP contribution is -2.02. The Kier molecular flexibility index (Phi) is 5.21. The lowest BCUT2D eigenvalue weighted by molar-refractivity contribution is 0.112. The number of aldehydes is 1. The van der Waals surface area contributed by atoms with Crippen LogP contribution in [0.5, 0.6) is 17.2 Å². The van der Waals surface area contributed by atoms with Crippen molar-refractivity contribution in [1.82, 2.24) is 0 Å². The van der Waals surface area contributed by atoms with Crippen LogP contribution in [-0.4, -0.2) is 20.0 Å². The first-order chi connectivity index (χ1) is 10.3. The van der Waals surface area contributed by atoms with Crippen molar-refractivity contribution in [3.8, 4) is 17.2 Å². The summed E-state index contributed by atoms with van der Waals surface area (Å²) in [6.07, 6.45) is 0.803. The third-order valence-corrected chi connectivity index (χ3v) is 2.97. The van der Waals surface area contributed by atoms with Gasteiger partial charge in [-0.2, -0.15) is 0 Å². The molecule has 0 aliphatic rings. The molecule has 0 unspecified atom stereocenters. The second kappa shape index (κ2) is 7.33. The van der Waals surface area contributed by atoms with Gasteiger partial charge in [-0.3, -0.25) is 4.79 Å². The number of benzene rings is 2. The van der Waals surface area contributed by atoms with Crippen molar-refractivity contribution in [2.75, 3.05) is 13.7 Å². The van der Waals surface area contributed by atoms with Gasteiger partial charge in [0.25, 0.3) is 0 Å². The summed E-state index contributed by atoms with van der Waals surface area (Å²) in [5, 5.41) is 0. The highest BCUT2D eigenvalue weighted by Crippen LogP contribution is 2.28. The van der Waals surface area contributed by atoms with Crippen LogP contribution in [0.25, 0.3) is 0 Å². The average molecular weight is 286 g/mol. The van der Waals surface area contributed by atoms with Gasteiger partial charge in [-0.1, -0.05) is 12.1 Å². The summed E-state index contributed by atoms with van der Waals surface area (Å²) in [7, 11) is 1.59. The molecule has 2 aromatic carbocycles. The summed E-state index contributed by atoms with van der Waals surface area (Å²) in [6, 6.07) is 12.7. The highest BCUT2D eigenvalue weighted by molar-refractivity contribution is 5.75. The van der Waals surface area contributed by atoms with E-state index in [0.29, 0.717) is 36.0 Å². The molecule has 2 rings (SSSR count). The fourth-order valence-corrected chi connectivity index (χ4v) is 1.98. The molecule has 0 bridgehead atoms. The zero-order valence-corrected chi connectivity index (χ0v) is 12.2. The van der Waals surface area contributed by atoms with Gasteiger partial charge < -0.3 is 14.2 Å². The molecule has 2 aromatic rings. The van der Waals surface area contributed by atoms with Gasteiger partial charge in [0.15, 0.2) is 11.5 Å². The molecule has 110 valence electrons. The number of carbonyl (C=O) groups is 1. The lowest BCUT2D eigenvalue weighted by atomic mass is 10.1. The fraction of sp³-hybridized carbons (Fsp3) is 0.235. The van der Waals surface area contributed by atoms with E-state index in [-0.39, 0.29) is 0 Å². The normalized spacial score (nSPS) is 10.0. The first-order valence-electron chi connectivity index (χ1n) is 6.75. The van der Waals surface area contributed by atoms with Gasteiger partial charge in [-0.25, -0.2) is 0 Å². The second-order valence-electron chi connectivity index (χ2n) is 4.36.